The second-order valence-electron chi connectivity index (χ2n) is 5.61. The van der Waals surface area contributed by atoms with E-state index in [2.05, 4.69) is 63.5 Å². The van der Waals surface area contributed by atoms with Crippen molar-refractivity contribution in [2.24, 2.45) is 0 Å². The van der Waals surface area contributed by atoms with Crippen LogP contribution in [-0.2, 0) is 0 Å². The van der Waals surface area contributed by atoms with E-state index in [1.165, 1.54) is 35.2 Å². The molecule has 3 nitrogen and oxygen atoms in total. The largest absolute Gasteiger partial charge is 0.316 e. The van der Waals surface area contributed by atoms with Gasteiger partial charge in [-0.25, -0.2) is 0 Å². The number of halogens is 1. The van der Waals surface area contributed by atoms with Crippen LogP contribution in [0.1, 0.15) is 35.7 Å². The van der Waals surface area contributed by atoms with Crippen LogP contribution < -0.4 is 5.32 Å². The van der Waals surface area contributed by atoms with E-state index in [4.69, 9.17) is 0 Å². The zero-order valence-corrected chi connectivity index (χ0v) is 13.5. The Hall–Kier alpha value is -1.13. The van der Waals surface area contributed by atoms with Gasteiger partial charge < -0.3 is 5.32 Å². The predicted molar refractivity (Wildman–Crippen MR) is 86.0 cm³/mol. The highest BCUT2D eigenvalue weighted by Crippen LogP contribution is 2.36. The zero-order chi connectivity index (χ0) is 14.1. The Kier molecular flexibility index (Phi) is 3.94. The first kappa shape index (κ1) is 13.8. The number of rotatable bonds is 2. The SMILES string of the molecule is Cc1ccc(Br)cc1-c1c(C2CCCNC2)n[nH]c1C. The van der Waals surface area contributed by atoms with Crippen LogP contribution in [0.4, 0.5) is 0 Å². The number of aromatic amines is 1. The van der Waals surface area contributed by atoms with Gasteiger partial charge in [0.15, 0.2) is 0 Å². The Bertz CT molecular complexity index is 612. The number of nitrogens with zero attached hydrogens (tertiary/aromatic N) is 1. The molecule has 2 N–H and O–H groups in total. The first-order chi connectivity index (χ1) is 9.66. The van der Waals surface area contributed by atoms with E-state index < -0.39 is 0 Å². The second kappa shape index (κ2) is 5.70. The maximum absolute atomic E-state index is 4.61. The summed E-state index contributed by atoms with van der Waals surface area (Å²) in [6.45, 7) is 6.44. The minimum atomic E-state index is 0.516. The van der Waals surface area contributed by atoms with Crippen LogP contribution in [0.2, 0.25) is 0 Å². The Morgan fingerprint density at radius 1 is 1.30 bits per heavy atom. The average Bonchev–Trinajstić information content (AvgIpc) is 2.84. The molecule has 3 rings (SSSR count). The summed E-state index contributed by atoms with van der Waals surface area (Å²) in [5.74, 6) is 0.516. The molecule has 1 atom stereocenters. The number of aryl methyl sites for hydroxylation is 2. The van der Waals surface area contributed by atoms with Gasteiger partial charge in [-0.2, -0.15) is 5.10 Å². The van der Waals surface area contributed by atoms with Crippen LogP contribution in [0, 0.1) is 13.8 Å². The third kappa shape index (κ3) is 2.54. The van der Waals surface area contributed by atoms with Gasteiger partial charge in [0.25, 0.3) is 0 Å². The number of aromatic nitrogens is 2. The van der Waals surface area contributed by atoms with Gasteiger partial charge in [-0.15, -0.1) is 0 Å². The fraction of sp³-hybridized carbons (Fsp3) is 0.438. The number of benzene rings is 1. The molecule has 106 valence electrons. The maximum Gasteiger partial charge on any atom is 0.0746 e. The van der Waals surface area contributed by atoms with E-state index in [0.29, 0.717) is 5.92 Å². The average molecular weight is 334 g/mol. The molecule has 0 spiro atoms. The summed E-state index contributed by atoms with van der Waals surface area (Å²) in [4.78, 5) is 0. The molecule has 0 radical (unpaired) electrons. The van der Waals surface area contributed by atoms with Crippen molar-refractivity contribution in [3.8, 4) is 11.1 Å². The van der Waals surface area contributed by atoms with Crippen molar-refractivity contribution in [2.45, 2.75) is 32.6 Å². The fourth-order valence-electron chi connectivity index (χ4n) is 3.03. The molecule has 20 heavy (non-hydrogen) atoms. The van der Waals surface area contributed by atoms with E-state index >= 15 is 0 Å². The molecular formula is C16H20BrN3. The Morgan fingerprint density at radius 3 is 2.90 bits per heavy atom. The lowest BCUT2D eigenvalue weighted by molar-refractivity contribution is 0.455. The third-order valence-corrected chi connectivity index (χ3v) is 4.62. The van der Waals surface area contributed by atoms with Crippen molar-refractivity contribution in [3.63, 3.8) is 0 Å². The van der Waals surface area contributed by atoms with Gasteiger partial charge in [0.05, 0.1) is 5.69 Å². The lowest BCUT2D eigenvalue weighted by Gasteiger charge is -2.22. The molecule has 1 aromatic carbocycles. The van der Waals surface area contributed by atoms with Crippen LogP contribution in [0.25, 0.3) is 11.1 Å². The minimum Gasteiger partial charge on any atom is -0.316 e. The van der Waals surface area contributed by atoms with Crippen molar-refractivity contribution >= 4 is 15.9 Å². The summed E-state index contributed by atoms with van der Waals surface area (Å²) in [5.41, 5.74) is 6.24. The van der Waals surface area contributed by atoms with Gasteiger partial charge >= 0.3 is 0 Å². The molecule has 2 aromatic rings. The summed E-state index contributed by atoms with van der Waals surface area (Å²) >= 11 is 3.58. The summed E-state index contributed by atoms with van der Waals surface area (Å²) in [6.07, 6.45) is 2.45. The summed E-state index contributed by atoms with van der Waals surface area (Å²) in [6, 6.07) is 6.46. The molecule has 1 saturated heterocycles. The second-order valence-corrected chi connectivity index (χ2v) is 6.53. The molecule has 0 saturated carbocycles. The molecule has 0 bridgehead atoms. The third-order valence-electron chi connectivity index (χ3n) is 4.13. The Balaban J connectivity index is 2.08. The molecule has 4 heteroatoms. The molecule has 1 aromatic heterocycles. The monoisotopic (exact) mass is 333 g/mol. The van der Waals surface area contributed by atoms with E-state index in [-0.39, 0.29) is 0 Å². The van der Waals surface area contributed by atoms with Crippen LogP contribution in [0.5, 0.6) is 0 Å². The maximum atomic E-state index is 4.61. The van der Waals surface area contributed by atoms with Gasteiger partial charge in [0.2, 0.25) is 0 Å². The first-order valence-electron chi connectivity index (χ1n) is 7.19. The van der Waals surface area contributed by atoms with E-state index in [1.807, 2.05) is 0 Å². The van der Waals surface area contributed by atoms with Crippen molar-refractivity contribution in [2.75, 3.05) is 13.1 Å². The van der Waals surface area contributed by atoms with Gasteiger partial charge in [0, 0.05) is 28.2 Å². The molecule has 0 aliphatic carbocycles. The summed E-state index contributed by atoms with van der Waals surface area (Å²) in [7, 11) is 0. The number of hydrogen-bond acceptors (Lipinski definition) is 2. The number of piperidine rings is 1. The first-order valence-corrected chi connectivity index (χ1v) is 7.98. The number of nitrogens with one attached hydrogen (secondary N) is 2. The smallest absolute Gasteiger partial charge is 0.0746 e. The van der Waals surface area contributed by atoms with E-state index in [9.17, 15) is 0 Å². The van der Waals surface area contributed by atoms with Crippen LogP contribution in [0.15, 0.2) is 22.7 Å². The van der Waals surface area contributed by atoms with Crippen LogP contribution in [0.3, 0.4) is 0 Å². The van der Waals surface area contributed by atoms with Gasteiger partial charge in [-0.05, 0) is 56.5 Å². The Labute approximate surface area is 128 Å². The van der Waals surface area contributed by atoms with Crippen molar-refractivity contribution < 1.29 is 0 Å². The molecule has 1 aliphatic heterocycles. The lowest BCUT2D eigenvalue weighted by Crippen LogP contribution is -2.28. The van der Waals surface area contributed by atoms with Crippen LogP contribution >= 0.6 is 15.9 Å². The molecule has 1 fully saturated rings. The topological polar surface area (TPSA) is 40.7 Å². The summed E-state index contributed by atoms with van der Waals surface area (Å²) < 4.78 is 1.12. The molecule has 0 amide bonds. The molecule has 2 heterocycles. The highest BCUT2D eigenvalue weighted by atomic mass is 79.9. The highest BCUT2D eigenvalue weighted by Gasteiger charge is 2.23. The lowest BCUT2D eigenvalue weighted by atomic mass is 9.89. The van der Waals surface area contributed by atoms with Crippen LogP contribution in [-0.4, -0.2) is 23.3 Å². The number of H-pyrrole nitrogens is 1. The van der Waals surface area contributed by atoms with Crippen molar-refractivity contribution in [3.05, 3.63) is 39.6 Å². The predicted octanol–water partition coefficient (Wildman–Crippen LogP) is 3.92. The van der Waals surface area contributed by atoms with Gasteiger partial charge in [0.1, 0.15) is 0 Å². The Morgan fingerprint density at radius 2 is 2.15 bits per heavy atom. The quantitative estimate of drug-likeness (QED) is 0.874. The van der Waals surface area contributed by atoms with Crippen molar-refractivity contribution in [1.82, 2.24) is 15.5 Å². The van der Waals surface area contributed by atoms with Gasteiger partial charge in [-0.3, -0.25) is 5.10 Å². The van der Waals surface area contributed by atoms with E-state index in [1.54, 1.807) is 0 Å². The molecule has 1 aliphatic rings. The highest BCUT2D eigenvalue weighted by molar-refractivity contribution is 9.10. The van der Waals surface area contributed by atoms with Gasteiger partial charge in [-0.1, -0.05) is 22.0 Å². The molecular weight excluding hydrogens is 314 g/mol. The summed E-state index contributed by atoms with van der Waals surface area (Å²) in [5, 5.41) is 11.3. The van der Waals surface area contributed by atoms with E-state index in [0.717, 1.165) is 23.3 Å². The molecule has 1 unspecified atom stereocenters. The zero-order valence-electron chi connectivity index (χ0n) is 12.0. The fourth-order valence-corrected chi connectivity index (χ4v) is 3.39. The standard InChI is InChI=1S/C16H20BrN3/c1-10-5-6-13(17)8-14(10)15-11(2)19-20-16(15)12-4-3-7-18-9-12/h5-6,8,12,18H,3-4,7,9H2,1-2H3,(H,19,20). The normalized spacial score (nSPS) is 19.2. The van der Waals surface area contributed by atoms with Crippen molar-refractivity contribution in [1.29, 1.82) is 0 Å². The number of hydrogen-bond donors (Lipinski definition) is 2. The minimum absolute atomic E-state index is 0.516.